The highest BCUT2D eigenvalue weighted by molar-refractivity contribution is 5.92. The molecule has 0 amide bonds. The minimum atomic E-state index is -0.401. The molecular weight excluding hydrogens is 300 g/mol. The quantitative estimate of drug-likeness (QED) is 0.611. The molecule has 0 heterocycles. The molecule has 3 nitrogen and oxygen atoms in total. The molecule has 120 valence electrons. The molecule has 0 radical (unpaired) electrons. The molecule has 3 rings (SSSR count). The zero-order chi connectivity index (χ0) is 16.8. The first-order valence-corrected chi connectivity index (χ1v) is 7.77. The molecule has 24 heavy (non-hydrogen) atoms. The van der Waals surface area contributed by atoms with Crippen molar-refractivity contribution in [3.05, 3.63) is 95.6 Å². The van der Waals surface area contributed by atoms with Crippen LogP contribution < -0.4 is 4.74 Å². The van der Waals surface area contributed by atoms with Crippen LogP contribution in [-0.4, -0.2) is 5.97 Å². The normalized spacial score (nSPS) is 10.2. The van der Waals surface area contributed by atoms with Crippen molar-refractivity contribution in [2.24, 2.45) is 0 Å². The average molecular weight is 318 g/mol. The summed E-state index contributed by atoms with van der Waals surface area (Å²) >= 11 is 0. The second-order valence-electron chi connectivity index (χ2n) is 5.47. The molecule has 3 aromatic carbocycles. The Morgan fingerprint density at radius 1 is 0.833 bits per heavy atom. The Bertz CT molecular complexity index is 808. The van der Waals surface area contributed by atoms with Crippen molar-refractivity contribution < 1.29 is 14.3 Å². The summed E-state index contributed by atoms with van der Waals surface area (Å²) in [5, 5.41) is 0. The summed E-state index contributed by atoms with van der Waals surface area (Å²) in [6.45, 7) is 2.25. The van der Waals surface area contributed by atoms with Gasteiger partial charge in [0.25, 0.3) is 0 Å². The van der Waals surface area contributed by atoms with E-state index in [9.17, 15) is 4.79 Å². The molecule has 0 bridgehead atoms. The van der Waals surface area contributed by atoms with Gasteiger partial charge in [-0.25, -0.2) is 4.79 Å². The first-order valence-electron chi connectivity index (χ1n) is 7.77. The molecule has 0 saturated carbocycles. The lowest BCUT2D eigenvalue weighted by atomic mass is 10.2. The summed E-state index contributed by atoms with van der Waals surface area (Å²) in [6, 6.07) is 24.4. The van der Waals surface area contributed by atoms with E-state index in [4.69, 9.17) is 9.47 Å². The predicted octanol–water partition coefficient (Wildman–Crippen LogP) is 5.14. The molecule has 3 heteroatoms. The lowest BCUT2D eigenvalue weighted by molar-refractivity contribution is 0.0470. The van der Waals surface area contributed by atoms with Crippen LogP contribution in [0, 0.1) is 6.92 Å². The fourth-order valence-electron chi connectivity index (χ4n) is 2.26. The van der Waals surface area contributed by atoms with Gasteiger partial charge in [0.2, 0.25) is 0 Å². The summed E-state index contributed by atoms with van der Waals surface area (Å²) in [4.78, 5) is 12.4. The van der Waals surface area contributed by atoms with Crippen LogP contribution in [-0.2, 0) is 11.3 Å². The molecule has 0 aliphatic carbocycles. The van der Waals surface area contributed by atoms with Crippen LogP contribution in [0.4, 0.5) is 0 Å². The van der Waals surface area contributed by atoms with E-state index in [2.05, 4.69) is 0 Å². The molecule has 0 saturated heterocycles. The summed E-state index contributed by atoms with van der Waals surface area (Å²) in [6.07, 6.45) is 0. The number of aryl methyl sites for hydroxylation is 1. The zero-order valence-corrected chi connectivity index (χ0v) is 13.4. The van der Waals surface area contributed by atoms with Crippen LogP contribution >= 0.6 is 0 Å². The molecular formula is C21H18O3. The van der Waals surface area contributed by atoms with Gasteiger partial charge in [-0.3, -0.25) is 0 Å². The number of benzene rings is 3. The Hall–Kier alpha value is -3.07. The Kier molecular flexibility index (Phi) is 4.92. The van der Waals surface area contributed by atoms with Crippen molar-refractivity contribution in [1.29, 1.82) is 0 Å². The molecule has 0 N–H and O–H groups in total. The zero-order valence-electron chi connectivity index (χ0n) is 13.4. The SMILES string of the molecule is Cc1ccc(Oc2ccccc2C(=O)OCc2ccccc2)cc1. The Morgan fingerprint density at radius 2 is 1.50 bits per heavy atom. The van der Waals surface area contributed by atoms with Gasteiger partial charge in [-0.2, -0.15) is 0 Å². The minimum absolute atomic E-state index is 0.235. The van der Waals surface area contributed by atoms with Gasteiger partial charge in [-0.05, 0) is 36.8 Å². The van der Waals surface area contributed by atoms with Crippen LogP contribution in [0.2, 0.25) is 0 Å². The molecule has 0 atom stereocenters. The Balaban J connectivity index is 1.73. The van der Waals surface area contributed by atoms with Gasteiger partial charge in [0.15, 0.2) is 0 Å². The predicted molar refractivity (Wildman–Crippen MR) is 93.3 cm³/mol. The van der Waals surface area contributed by atoms with E-state index in [0.29, 0.717) is 17.1 Å². The second kappa shape index (κ2) is 7.47. The van der Waals surface area contributed by atoms with Crippen LogP contribution in [0.3, 0.4) is 0 Å². The van der Waals surface area contributed by atoms with E-state index in [1.165, 1.54) is 0 Å². The number of carbonyl (C=O) groups excluding carboxylic acids is 1. The minimum Gasteiger partial charge on any atom is -0.457 e. The van der Waals surface area contributed by atoms with E-state index in [1.807, 2.05) is 67.6 Å². The maximum Gasteiger partial charge on any atom is 0.342 e. The van der Waals surface area contributed by atoms with Crippen LogP contribution in [0.1, 0.15) is 21.5 Å². The summed E-state index contributed by atoms with van der Waals surface area (Å²) in [7, 11) is 0. The van der Waals surface area contributed by atoms with Crippen molar-refractivity contribution in [2.45, 2.75) is 13.5 Å². The standard InChI is InChI=1S/C21H18O3/c1-16-11-13-18(14-12-16)24-20-10-6-5-9-19(20)21(22)23-15-17-7-3-2-4-8-17/h2-14H,15H2,1H3. The van der Waals surface area contributed by atoms with Gasteiger partial charge in [-0.1, -0.05) is 60.2 Å². The van der Waals surface area contributed by atoms with Crippen molar-refractivity contribution in [3.63, 3.8) is 0 Å². The number of hydrogen-bond acceptors (Lipinski definition) is 3. The molecule has 0 aliphatic heterocycles. The van der Waals surface area contributed by atoms with Crippen molar-refractivity contribution >= 4 is 5.97 Å². The number of carbonyl (C=O) groups is 1. The van der Waals surface area contributed by atoms with Gasteiger partial charge >= 0.3 is 5.97 Å². The smallest absolute Gasteiger partial charge is 0.342 e. The number of ether oxygens (including phenoxy) is 2. The van der Waals surface area contributed by atoms with E-state index < -0.39 is 5.97 Å². The second-order valence-corrected chi connectivity index (χ2v) is 5.47. The molecule has 0 unspecified atom stereocenters. The van der Waals surface area contributed by atoms with E-state index >= 15 is 0 Å². The van der Waals surface area contributed by atoms with Gasteiger partial charge in [0, 0.05) is 0 Å². The first kappa shape index (κ1) is 15.8. The van der Waals surface area contributed by atoms with E-state index in [0.717, 1.165) is 11.1 Å². The molecule has 0 aromatic heterocycles. The van der Waals surface area contributed by atoms with Crippen LogP contribution in [0.15, 0.2) is 78.9 Å². The highest BCUT2D eigenvalue weighted by Gasteiger charge is 2.14. The molecule has 0 fully saturated rings. The first-order chi connectivity index (χ1) is 11.7. The fourth-order valence-corrected chi connectivity index (χ4v) is 2.26. The number of hydrogen-bond donors (Lipinski definition) is 0. The molecule has 0 aliphatic rings. The lowest BCUT2D eigenvalue weighted by Crippen LogP contribution is -2.06. The average Bonchev–Trinajstić information content (AvgIpc) is 2.63. The largest absolute Gasteiger partial charge is 0.457 e. The van der Waals surface area contributed by atoms with Crippen molar-refractivity contribution in [3.8, 4) is 11.5 Å². The maximum atomic E-state index is 12.4. The van der Waals surface area contributed by atoms with Gasteiger partial charge in [0.05, 0.1) is 0 Å². The molecule has 3 aromatic rings. The fraction of sp³-hybridized carbons (Fsp3) is 0.0952. The van der Waals surface area contributed by atoms with E-state index in [-0.39, 0.29) is 6.61 Å². The van der Waals surface area contributed by atoms with Gasteiger partial charge in [0.1, 0.15) is 23.7 Å². The summed E-state index contributed by atoms with van der Waals surface area (Å²) < 4.78 is 11.2. The monoisotopic (exact) mass is 318 g/mol. The highest BCUT2D eigenvalue weighted by Crippen LogP contribution is 2.26. The number of para-hydroxylation sites is 1. The lowest BCUT2D eigenvalue weighted by Gasteiger charge is -2.11. The van der Waals surface area contributed by atoms with Crippen molar-refractivity contribution in [2.75, 3.05) is 0 Å². The van der Waals surface area contributed by atoms with Crippen molar-refractivity contribution in [1.82, 2.24) is 0 Å². The molecule has 0 spiro atoms. The number of rotatable bonds is 5. The Labute approximate surface area is 141 Å². The van der Waals surface area contributed by atoms with Gasteiger partial charge in [-0.15, -0.1) is 0 Å². The van der Waals surface area contributed by atoms with Crippen LogP contribution in [0.25, 0.3) is 0 Å². The van der Waals surface area contributed by atoms with E-state index in [1.54, 1.807) is 18.2 Å². The topological polar surface area (TPSA) is 35.5 Å². The number of esters is 1. The third kappa shape index (κ3) is 4.02. The van der Waals surface area contributed by atoms with Crippen LogP contribution in [0.5, 0.6) is 11.5 Å². The third-order valence-electron chi connectivity index (χ3n) is 3.57. The Morgan fingerprint density at radius 3 is 2.25 bits per heavy atom. The third-order valence-corrected chi connectivity index (χ3v) is 3.57. The summed E-state index contributed by atoms with van der Waals surface area (Å²) in [5.41, 5.74) is 2.51. The summed E-state index contributed by atoms with van der Waals surface area (Å²) in [5.74, 6) is 0.768. The maximum absolute atomic E-state index is 12.4. The van der Waals surface area contributed by atoms with Gasteiger partial charge < -0.3 is 9.47 Å². The highest BCUT2D eigenvalue weighted by atomic mass is 16.5.